The van der Waals surface area contributed by atoms with Crippen molar-refractivity contribution in [2.24, 2.45) is 0 Å². The standard InChI is InChI=1S/C19H26N4O4/c1-22(12-14-7-6-8-15(11-14)27-2)13-16(24)21-23-17(25)19(20-18(23)26)9-4-3-5-10-19/h6-8,11H,3-5,9-10,12-13H2,1-2H3,(H,20,26)(H,21,24). The molecule has 2 fully saturated rings. The summed E-state index contributed by atoms with van der Waals surface area (Å²) >= 11 is 0. The van der Waals surface area contributed by atoms with E-state index in [1.54, 1.807) is 19.1 Å². The van der Waals surface area contributed by atoms with Crippen molar-refractivity contribution in [3.63, 3.8) is 0 Å². The molecule has 2 N–H and O–H groups in total. The highest BCUT2D eigenvalue weighted by Crippen LogP contribution is 2.32. The number of hydrazine groups is 1. The predicted molar refractivity (Wildman–Crippen MR) is 98.7 cm³/mol. The number of rotatable bonds is 6. The van der Waals surface area contributed by atoms with Gasteiger partial charge in [-0.3, -0.25) is 19.9 Å². The number of nitrogens with zero attached hydrogens (tertiary/aromatic N) is 2. The largest absolute Gasteiger partial charge is 0.497 e. The molecule has 0 radical (unpaired) electrons. The molecule has 1 aromatic carbocycles. The van der Waals surface area contributed by atoms with Gasteiger partial charge in [-0.1, -0.05) is 31.4 Å². The molecule has 1 aromatic rings. The molecule has 8 nitrogen and oxygen atoms in total. The average molecular weight is 374 g/mol. The molecule has 1 heterocycles. The van der Waals surface area contributed by atoms with Gasteiger partial charge in [0.15, 0.2) is 0 Å². The highest BCUT2D eigenvalue weighted by atomic mass is 16.5. The second-order valence-electron chi connectivity index (χ2n) is 7.27. The van der Waals surface area contributed by atoms with Crippen molar-refractivity contribution >= 4 is 17.8 Å². The molecule has 1 saturated carbocycles. The van der Waals surface area contributed by atoms with Crippen molar-refractivity contribution in [2.75, 3.05) is 20.7 Å². The number of hydrogen-bond acceptors (Lipinski definition) is 5. The minimum absolute atomic E-state index is 0.0568. The lowest BCUT2D eigenvalue weighted by Crippen LogP contribution is -2.52. The zero-order chi connectivity index (χ0) is 19.4. The van der Waals surface area contributed by atoms with Gasteiger partial charge in [0, 0.05) is 6.54 Å². The van der Waals surface area contributed by atoms with E-state index in [2.05, 4.69) is 10.7 Å². The minimum Gasteiger partial charge on any atom is -0.497 e. The van der Waals surface area contributed by atoms with E-state index in [9.17, 15) is 14.4 Å². The van der Waals surface area contributed by atoms with Gasteiger partial charge < -0.3 is 10.1 Å². The number of amides is 4. The first-order valence-electron chi connectivity index (χ1n) is 9.21. The van der Waals surface area contributed by atoms with Crippen molar-refractivity contribution in [3.8, 4) is 5.75 Å². The lowest BCUT2D eigenvalue weighted by Gasteiger charge is -2.30. The fraction of sp³-hybridized carbons (Fsp3) is 0.526. The Morgan fingerprint density at radius 1 is 1.30 bits per heavy atom. The van der Waals surface area contributed by atoms with E-state index in [0.29, 0.717) is 19.4 Å². The van der Waals surface area contributed by atoms with Gasteiger partial charge in [-0.25, -0.2) is 4.79 Å². The lowest BCUT2D eigenvalue weighted by molar-refractivity contribution is -0.140. The lowest BCUT2D eigenvalue weighted by atomic mass is 9.82. The van der Waals surface area contributed by atoms with Gasteiger partial charge in [0.25, 0.3) is 11.8 Å². The Hall–Kier alpha value is -2.61. The third-order valence-electron chi connectivity index (χ3n) is 5.11. The second-order valence-corrected chi connectivity index (χ2v) is 7.27. The predicted octanol–water partition coefficient (Wildman–Crippen LogP) is 1.41. The summed E-state index contributed by atoms with van der Waals surface area (Å²) in [6.45, 7) is 0.593. The van der Waals surface area contributed by atoms with Crippen molar-refractivity contribution in [2.45, 2.75) is 44.2 Å². The zero-order valence-corrected chi connectivity index (χ0v) is 15.8. The molecular weight excluding hydrogens is 348 g/mol. The molecule has 1 saturated heterocycles. The minimum atomic E-state index is -0.838. The van der Waals surface area contributed by atoms with Gasteiger partial charge in [-0.05, 0) is 37.6 Å². The van der Waals surface area contributed by atoms with Crippen LogP contribution in [-0.4, -0.2) is 54.0 Å². The van der Waals surface area contributed by atoms with Crippen molar-refractivity contribution < 1.29 is 19.1 Å². The molecule has 0 atom stereocenters. The number of benzene rings is 1. The summed E-state index contributed by atoms with van der Waals surface area (Å²) in [5.74, 6) is -0.00443. The van der Waals surface area contributed by atoms with Gasteiger partial charge in [0.2, 0.25) is 0 Å². The molecule has 1 spiro atoms. The molecule has 0 unspecified atom stereocenters. The maximum Gasteiger partial charge on any atom is 0.344 e. The number of likely N-dealkylation sites (N-methyl/N-ethyl adjacent to an activating group) is 1. The molecule has 8 heteroatoms. The monoisotopic (exact) mass is 374 g/mol. The fourth-order valence-corrected chi connectivity index (χ4v) is 3.76. The van der Waals surface area contributed by atoms with Crippen LogP contribution in [0.3, 0.4) is 0 Å². The van der Waals surface area contributed by atoms with Gasteiger partial charge in [-0.15, -0.1) is 0 Å². The average Bonchev–Trinajstić information content (AvgIpc) is 2.86. The number of imide groups is 1. The van der Waals surface area contributed by atoms with E-state index in [1.807, 2.05) is 24.3 Å². The highest BCUT2D eigenvalue weighted by molar-refractivity contribution is 6.08. The van der Waals surface area contributed by atoms with E-state index in [0.717, 1.165) is 35.6 Å². The number of carbonyl (C=O) groups excluding carboxylic acids is 3. The Morgan fingerprint density at radius 2 is 2.04 bits per heavy atom. The summed E-state index contributed by atoms with van der Waals surface area (Å²) in [5, 5.41) is 3.62. The molecule has 27 heavy (non-hydrogen) atoms. The van der Waals surface area contributed by atoms with Crippen LogP contribution >= 0.6 is 0 Å². The molecule has 0 bridgehead atoms. The molecule has 3 rings (SSSR count). The van der Waals surface area contributed by atoms with E-state index < -0.39 is 17.5 Å². The van der Waals surface area contributed by atoms with Crippen LogP contribution in [0.2, 0.25) is 0 Å². The van der Waals surface area contributed by atoms with Crippen LogP contribution in [0, 0.1) is 0 Å². The molecule has 2 aliphatic rings. The molecule has 4 amide bonds. The van der Waals surface area contributed by atoms with E-state index in [4.69, 9.17) is 4.74 Å². The van der Waals surface area contributed by atoms with Crippen LogP contribution in [0.1, 0.15) is 37.7 Å². The second kappa shape index (κ2) is 7.96. The summed E-state index contributed by atoms with van der Waals surface area (Å²) in [7, 11) is 3.40. The maximum absolute atomic E-state index is 12.7. The Morgan fingerprint density at radius 3 is 2.74 bits per heavy atom. The van der Waals surface area contributed by atoms with Crippen molar-refractivity contribution in [1.29, 1.82) is 0 Å². The van der Waals surface area contributed by atoms with Crippen LogP contribution < -0.4 is 15.5 Å². The Bertz CT molecular complexity index is 730. The number of methoxy groups -OCH3 is 1. The topological polar surface area (TPSA) is 91.0 Å². The Kier molecular flexibility index (Phi) is 5.65. The number of nitrogens with one attached hydrogen (secondary N) is 2. The summed E-state index contributed by atoms with van der Waals surface area (Å²) in [5.41, 5.74) is 2.62. The molecular formula is C19H26N4O4. The van der Waals surface area contributed by atoms with Crippen LogP contribution in [0.4, 0.5) is 4.79 Å². The maximum atomic E-state index is 12.7. The van der Waals surface area contributed by atoms with Crippen molar-refractivity contribution in [3.05, 3.63) is 29.8 Å². The molecule has 0 aromatic heterocycles. The first kappa shape index (κ1) is 19.2. The van der Waals surface area contributed by atoms with Gasteiger partial charge in [-0.2, -0.15) is 5.01 Å². The van der Waals surface area contributed by atoms with Crippen LogP contribution in [0.15, 0.2) is 24.3 Å². The molecule has 146 valence electrons. The number of hydrogen-bond donors (Lipinski definition) is 2. The normalized spacial score (nSPS) is 18.7. The summed E-state index contributed by atoms with van der Waals surface area (Å²) in [6.07, 6.45) is 4.11. The quantitative estimate of drug-likeness (QED) is 0.735. The van der Waals surface area contributed by atoms with Crippen LogP contribution in [0.5, 0.6) is 5.75 Å². The van der Waals surface area contributed by atoms with Gasteiger partial charge in [0.05, 0.1) is 13.7 Å². The SMILES string of the molecule is COc1cccc(CN(C)CC(=O)NN2C(=O)NC3(CCCCC3)C2=O)c1. The molecule has 1 aliphatic carbocycles. The summed E-state index contributed by atoms with van der Waals surface area (Å²) in [4.78, 5) is 39.0. The third-order valence-corrected chi connectivity index (χ3v) is 5.11. The number of carbonyl (C=O) groups is 3. The van der Waals surface area contributed by atoms with Gasteiger partial charge in [0.1, 0.15) is 11.3 Å². The Labute approximate surface area is 158 Å². The summed E-state index contributed by atoms with van der Waals surface area (Å²) < 4.78 is 5.20. The number of ether oxygens (including phenoxy) is 1. The Balaban J connectivity index is 1.55. The highest BCUT2D eigenvalue weighted by Gasteiger charge is 2.52. The van der Waals surface area contributed by atoms with E-state index in [1.165, 1.54) is 0 Å². The zero-order valence-electron chi connectivity index (χ0n) is 15.8. The smallest absolute Gasteiger partial charge is 0.344 e. The first-order valence-corrected chi connectivity index (χ1v) is 9.21. The first-order chi connectivity index (χ1) is 12.9. The van der Waals surface area contributed by atoms with Crippen molar-refractivity contribution in [1.82, 2.24) is 20.7 Å². The molecule has 1 aliphatic heterocycles. The summed E-state index contributed by atoms with van der Waals surface area (Å²) in [6, 6.07) is 7.04. The van der Waals surface area contributed by atoms with Gasteiger partial charge >= 0.3 is 6.03 Å². The third kappa shape index (κ3) is 4.21. The van der Waals surface area contributed by atoms with Crippen LogP contribution in [0.25, 0.3) is 0 Å². The van der Waals surface area contributed by atoms with E-state index in [-0.39, 0.29) is 12.5 Å². The van der Waals surface area contributed by atoms with E-state index >= 15 is 0 Å². The van der Waals surface area contributed by atoms with Crippen LogP contribution in [-0.2, 0) is 16.1 Å². The number of urea groups is 1. The fourth-order valence-electron chi connectivity index (χ4n) is 3.76.